The summed E-state index contributed by atoms with van der Waals surface area (Å²) in [6.45, 7) is 4.83. The maximum atomic E-state index is 10.6. The SMILES string of the molecule is CC(C)c1ccccc1OCCc1ccc([N+](=O)[O-])cc1. The Morgan fingerprint density at radius 2 is 1.76 bits per heavy atom. The molecule has 0 amide bonds. The van der Waals surface area contributed by atoms with Gasteiger partial charge in [-0.1, -0.05) is 44.2 Å². The third-order valence-electron chi connectivity index (χ3n) is 3.34. The Morgan fingerprint density at radius 1 is 1.10 bits per heavy atom. The molecular formula is C17H19NO3. The molecule has 0 N–H and O–H groups in total. The van der Waals surface area contributed by atoms with Crippen molar-refractivity contribution in [2.45, 2.75) is 26.2 Å². The summed E-state index contributed by atoms with van der Waals surface area (Å²) in [7, 11) is 0. The molecule has 2 aromatic carbocycles. The van der Waals surface area contributed by atoms with Crippen LogP contribution in [0.5, 0.6) is 5.75 Å². The molecule has 2 rings (SSSR count). The Hall–Kier alpha value is -2.36. The van der Waals surface area contributed by atoms with Crippen LogP contribution in [-0.2, 0) is 6.42 Å². The predicted octanol–water partition coefficient (Wildman–Crippen LogP) is 4.34. The number of benzene rings is 2. The molecule has 0 bridgehead atoms. The number of ether oxygens (including phenoxy) is 1. The first kappa shape index (κ1) is 15.0. The zero-order valence-corrected chi connectivity index (χ0v) is 12.3. The van der Waals surface area contributed by atoms with Gasteiger partial charge in [0.1, 0.15) is 5.75 Å². The number of nitro groups is 1. The van der Waals surface area contributed by atoms with Gasteiger partial charge in [-0.05, 0) is 23.1 Å². The Balaban J connectivity index is 1.94. The van der Waals surface area contributed by atoms with Gasteiger partial charge in [0.2, 0.25) is 0 Å². The molecule has 4 heteroatoms. The number of nitrogens with zero attached hydrogens (tertiary/aromatic N) is 1. The fraction of sp³-hybridized carbons (Fsp3) is 0.294. The van der Waals surface area contributed by atoms with Crippen LogP contribution in [0.4, 0.5) is 5.69 Å². The minimum atomic E-state index is -0.390. The van der Waals surface area contributed by atoms with Crippen LogP contribution in [0.15, 0.2) is 48.5 Å². The van der Waals surface area contributed by atoms with Crippen molar-refractivity contribution < 1.29 is 9.66 Å². The number of para-hydroxylation sites is 1. The average molecular weight is 285 g/mol. The largest absolute Gasteiger partial charge is 0.493 e. The standard InChI is InChI=1S/C17H19NO3/c1-13(2)16-5-3-4-6-17(16)21-12-11-14-7-9-15(10-8-14)18(19)20/h3-10,13H,11-12H2,1-2H3. The van der Waals surface area contributed by atoms with Crippen molar-refractivity contribution in [1.29, 1.82) is 0 Å². The van der Waals surface area contributed by atoms with E-state index in [2.05, 4.69) is 19.9 Å². The fourth-order valence-corrected chi connectivity index (χ4v) is 2.15. The first-order valence-electron chi connectivity index (χ1n) is 7.03. The summed E-state index contributed by atoms with van der Waals surface area (Å²) in [5, 5.41) is 10.6. The van der Waals surface area contributed by atoms with Gasteiger partial charge < -0.3 is 4.74 Å². The zero-order chi connectivity index (χ0) is 15.2. The third-order valence-corrected chi connectivity index (χ3v) is 3.34. The van der Waals surface area contributed by atoms with Crippen molar-refractivity contribution in [2.75, 3.05) is 6.61 Å². The highest BCUT2D eigenvalue weighted by molar-refractivity contribution is 5.36. The van der Waals surface area contributed by atoms with Crippen LogP contribution in [0, 0.1) is 10.1 Å². The molecule has 110 valence electrons. The van der Waals surface area contributed by atoms with Gasteiger partial charge in [0, 0.05) is 18.6 Å². The van der Waals surface area contributed by atoms with E-state index in [-0.39, 0.29) is 10.6 Å². The highest BCUT2D eigenvalue weighted by Crippen LogP contribution is 2.26. The first-order chi connectivity index (χ1) is 10.1. The maximum absolute atomic E-state index is 10.6. The molecule has 0 saturated heterocycles. The van der Waals surface area contributed by atoms with Crippen molar-refractivity contribution in [3.63, 3.8) is 0 Å². The minimum Gasteiger partial charge on any atom is -0.493 e. The lowest BCUT2D eigenvalue weighted by Crippen LogP contribution is -2.04. The Morgan fingerprint density at radius 3 is 2.38 bits per heavy atom. The Labute approximate surface area is 124 Å². The smallest absolute Gasteiger partial charge is 0.269 e. The monoisotopic (exact) mass is 285 g/mol. The summed E-state index contributed by atoms with van der Waals surface area (Å²) in [5.41, 5.74) is 2.34. The molecule has 0 fully saturated rings. The van der Waals surface area contributed by atoms with Gasteiger partial charge >= 0.3 is 0 Å². The quantitative estimate of drug-likeness (QED) is 0.586. The highest BCUT2D eigenvalue weighted by Gasteiger charge is 2.07. The van der Waals surface area contributed by atoms with Crippen molar-refractivity contribution in [1.82, 2.24) is 0 Å². The van der Waals surface area contributed by atoms with E-state index < -0.39 is 0 Å². The predicted molar refractivity (Wildman–Crippen MR) is 82.8 cm³/mol. The lowest BCUT2D eigenvalue weighted by atomic mass is 10.0. The van der Waals surface area contributed by atoms with Gasteiger partial charge in [-0.2, -0.15) is 0 Å². The van der Waals surface area contributed by atoms with Crippen molar-refractivity contribution in [3.05, 3.63) is 69.8 Å². The van der Waals surface area contributed by atoms with Crippen LogP contribution in [0.1, 0.15) is 30.9 Å². The Bertz CT molecular complexity index is 606. The van der Waals surface area contributed by atoms with E-state index in [1.807, 2.05) is 18.2 Å². The molecule has 2 aromatic rings. The summed E-state index contributed by atoms with van der Waals surface area (Å²) >= 11 is 0. The summed E-state index contributed by atoms with van der Waals surface area (Å²) in [5.74, 6) is 1.33. The lowest BCUT2D eigenvalue weighted by Gasteiger charge is -2.13. The molecule has 0 spiro atoms. The van der Waals surface area contributed by atoms with Gasteiger partial charge in [-0.25, -0.2) is 0 Å². The molecule has 0 aliphatic heterocycles. The summed E-state index contributed by atoms with van der Waals surface area (Å²) in [6, 6.07) is 14.6. The molecule has 0 aliphatic carbocycles. The van der Waals surface area contributed by atoms with E-state index in [9.17, 15) is 10.1 Å². The number of nitro benzene ring substituents is 1. The molecular weight excluding hydrogens is 266 g/mol. The number of hydrogen-bond acceptors (Lipinski definition) is 3. The van der Waals surface area contributed by atoms with Crippen LogP contribution in [0.25, 0.3) is 0 Å². The Kier molecular flexibility index (Phi) is 4.93. The van der Waals surface area contributed by atoms with E-state index in [4.69, 9.17) is 4.74 Å². The average Bonchev–Trinajstić information content (AvgIpc) is 2.48. The van der Waals surface area contributed by atoms with Gasteiger partial charge in [0.25, 0.3) is 5.69 Å². The molecule has 0 unspecified atom stereocenters. The number of rotatable bonds is 6. The summed E-state index contributed by atoms with van der Waals surface area (Å²) in [4.78, 5) is 10.2. The third kappa shape index (κ3) is 4.05. The van der Waals surface area contributed by atoms with E-state index >= 15 is 0 Å². The number of hydrogen-bond donors (Lipinski definition) is 0. The van der Waals surface area contributed by atoms with Crippen molar-refractivity contribution in [3.8, 4) is 5.75 Å². The first-order valence-corrected chi connectivity index (χ1v) is 7.03. The van der Waals surface area contributed by atoms with Crippen LogP contribution in [0.2, 0.25) is 0 Å². The topological polar surface area (TPSA) is 52.4 Å². The van der Waals surface area contributed by atoms with E-state index in [0.717, 1.165) is 17.7 Å². The second-order valence-electron chi connectivity index (χ2n) is 5.21. The molecule has 0 aromatic heterocycles. The second-order valence-corrected chi connectivity index (χ2v) is 5.21. The highest BCUT2D eigenvalue weighted by atomic mass is 16.6. The van der Waals surface area contributed by atoms with Crippen LogP contribution >= 0.6 is 0 Å². The molecule has 0 atom stereocenters. The molecule has 0 heterocycles. The molecule has 4 nitrogen and oxygen atoms in total. The zero-order valence-electron chi connectivity index (χ0n) is 12.3. The van der Waals surface area contributed by atoms with Gasteiger partial charge in [0.05, 0.1) is 11.5 Å². The second kappa shape index (κ2) is 6.88. The molecule has 0 radical (unpaired) electrons. The number of non-ortho nitro benzene ring substituents is 1. The van der Waals surface area contributed by atoms with Crippen LogP contribution in [0.3, 0.4) is 0 Å². The molecule has 0 saturated carbocycles. The fourth-order valence-electron chi connectivity index (χ4n) is 2.15. The van der Waals surface area contributed by atoms with E-state index in [0.29, 0.717) is 12.5 Å². The maximum Gasteiger partial charge on any atom is 0.269 e. The van der Waals surface area contributed by atoms with Crippen molar-refractivity contribution >= 4 is 5.69 Å². The van der Waals surface area contributed by atoms with Crippen LogP contribution < -0.4 is 4.74 Å². The van der Waals surface area contributed by atoms with E-state index in [1.54, 1.807) is 12.1 Å². The van der Waals surface area contributed by atoms with Gasteiger partial charge in [-0.15, -0.1) is 0 Å². The lowest BCUT2D eigenvalue weighted by molar-refractivity contribution is -0.384. The normalized spacial score (nSPS) is 10.6. The van der Waals surface area contributed by atoms with Crippen molar-refractivity contribution in [2.24, 2.45) is 0 Å². The van der Waals surface area contributed by atoms with Crippen LogP contribution in [-0.4, -0.2) is 11.5 Å². The van der Waals surface area contributed by atoms with Gasteiger partial charge in [-0.3, -0.25) is 10.1 Å². The summed E-state index contributed by atoms with van der Waals surface area (Å²) in [6.07, 6.45) is 0.727. The summed E-state index contributed by atoms with van der Waals surface area (Å²) < 4.78 is 5.85. The molecule has 0 aliphatic rings. The minimum absolute atomic E-state index is 0.116. The molecule has 21 heavy (non-hydrogen) atoms. The van der Waals surface area contributed by atoms with Gasteiger partial charge in [0.15, 0.2) is 0 Å². The van der Waals surface area contributed by atoms with E-state index in [1.165, 1.54) is 17.7 Å².